The van der Waals surface area contributed by atoms with Crippen LogP contribution in [0.25, 0.3) is 0 Å². The van der Waals surface area contributed by atoms with Crippen molar-refractivity contribution in [2.45, 2.75) is 13.0 Å². The second-order valence-corrected chi connectivity index (χ2v) is 3.54. The molecule has 4 heteroatoms. The van der Waals surface area contributed by atoms with Crippen LogP contribution in [-0.2, 0) is 0 Å². The van der Waals surface area contributed by atoms with Crippen LogP contribution in [-0.4, -0.2) is 14.8 Å². The number of nitrogens with zero attached hydrogens (tertiary/aromatic N) is 2. The molecule has 1 atom stereocenters. The van der Waals surface area contributed by atoms with E-state index in [1.165, 1.54) is 5.56 Å². The maximum absolute atomic E-state index is 5.11. The lowest BCUT2D eigenvalue weighted by Gasteiger charge is -2.12. The molecular weight excluding hydrogens is 194 g/mol. The molecule has 1 aromatic carbocycles. The summed E-state index contributed by atoms with van der Waals surface area (Å²) in [7, 11) is 0. The molecule has 3 nitrogen and oxygen atoms in total. The Labute approximate surface area is 87.4 Å². The Hall–Kier alpha value is -1.42. The standard InChI is InChI=1S/C10H11N3S/c1-8(9-5-3-2-4-6-9)13-7-11-12-10(13)14/h2-8H,1H3,(H,12,14). The molecule has 0 aliphatic heterocycles. The van der Waals surface area contributed by atoms with Crippen molar-refractivity contribution < 1.29 is 0 Å². The lowest BCUT2D eigenvalue weighted by atomic mass is 10.1. The SMILES string of the molecule is CC(c1ccccc1)n1cn[nH]c1=S. The van der Waals surface area contributed by atoms with Crippen LogP contribution in [0.2, 0.25) is 0 Å². The summed E-state index contributed by atoms with van der Waals surface area (Å²) in [6.45, 7) is 2.10. The number of rotatable bonds is 2. The van der Waals surface area contributed by atoms with E-state index in [1.807, 2.05) is 22.8 Å². The number of benzene rings is 1. The van der Waals surface area contributed by atoms with Crippen molar-refractivity contribution in [1.29, 1.82) is 0 Å². The van der Waals surface area contributed by atoms with Crippen LogP contribution >= 0.6 is 12.2 Å². The van der Waals surface area contributed by atoms with Crippen molar-refractivity contribution in [3.05, 3.63) is 47.0 Å². The van der Waals surface area contributed by atoms with Gasteiger partial charge in [-0.25, -0.2) is 0 Å². The topological polar surface area (TPSA) is 33.6 Å². The summed E-state index contributed by atoms with van der Waals surface area (Å²) in [5.74, 6) is 0. The van der Waals surface area contributed by atoms with Gasteiger partial charge in [0, 0.05) is 0 Å². The van der Waals surface area contributed by atoms with E-state index in [9.17, 15) is 0 Å². The summed E-state index contributed by atoms with van der Waals surface area (Å²) >= 11 is 5.11. The van der Waals surface area contributed by atoms with Crippen molar-refractivity contribution in [2.24, 2.45) is 0 Å². The van der Waals surface area contributed by atoms with E-state index in [1.54, 1.807) is 6.33 Å². The van der Waals surface area contributed by atoms with Gasteiger partial charge in [-0.05, 0) is 24.7 Å². The highest BCUT2D eigenvalue weighted by molar-refractivity contribution is 7.71. The van der Waals surface area contributed by atoms with E-state index >= 15 is 0 Å². The average Bonchev–Trinajstić information content (AvgIpc) is 2.65. The van der Waals surface area contributed by atoms with E-state index in [4.69, 9.17) is 12.2 Å². The van der Waals surface area contributed by atoms with E-state index in [0.29, 0.717) is 4.77 Å². The number of H-pyrrole nitrogens is 1. The van der Waals surface area contributed by atoms with E-state index in [-0.39, 0.29) is 6.04 Å². The molecule has 1 heterocycles. The molecule has 0 fully saturated rings. The largest absolute Gasteiger partial charge is 0.299 e. The molecular formula is C10H11N3S. The summed E-state index contributed by atoms with van der Waals surface area (Å²) in [4.78, 5) is 0. The van der Waals surface area contributed by atoms with Gasteiger partial charge >= 0.3 is 0 Å². The van der Waals surface area contributed by atoms with Crippen LogP contribution in [0, 0.1) is 4.77 Å². The summed E-state index contributed by atoms with van der Waals surface area (Å²) in [5, 5.41) is 6.65. The first-order valence-electron chi connectivity index (χ1n) is 4.45. The van der Waals surface area contributed by atoms with Crippen molar-refractivity contribution in [3.63, 3.8) is 0 Å². The highest BCUT2D eigenvalue weighted by atomic mass is 32.1. The summed E-state index contributed by atoms with van der Waals surface area (Å²) < 4.78 is 2.59. The third kappa shape index (κ3) is 1.61. The highest BCUT2D eigenvalue weighted by Gasteiger charge is 2.07. The third-order valence-corrected chi connectivity index (χ3v) is 2.58. The quantitative estimate of drug-likeness (QED) is 0.764. The summed E-state index contributed by atoms with van der Waals surface area (Å²) in [6, 6.07) is 10.4. The van der Waals surface area contributed by atoms with Crippen molar-refractivity contribution in [3.8, 4) is 0 Å². The fourth-order valence-corrected chi connectivity index (χ4v) is 1.68. The van der Waals surface area contributed by atoms with Crippen LogP contribution in [0.1, 0.15) is 18.5 Å². The van der Waals surface area contributed by atoms with Gasteiger partial charge < -0.3 is 0 Å². The Morgan fingerprint density at radius 1 is 1.36 bits per heavy atom. The molecule has 2 rings (SSSR count). The van der Waals surface area contributed by atoms with Gasteiger partial charge in [-0.1, -0.05) is 30.3 Å². The van der Waals surface area contributed by atoms with Gasteiger partial charge in [0.25, 0.3) is 0 Å². The normalized spacial score (nSPS) is 12.6. The van der Waals surface area contributed by atoms with Crippen molar-refractivity contribution in [2.75, 3.05) is 0 Å². The van der Waals surface area contributed by atoms with Gasteiger partial charge in [0.1, 0.15) is 6.33 Å². The molecule has 0 saturated carbocycles. The molecule has 1 N–H and O–H groups in total. The molecule has 0 bridgehead atoms. The molecule has 0 aliphatic rings. The summed E-state index contributed by atoms with van der Waals surface area (Å²) in [6.07, 6.45) is 1.72. The Bertz CT molecular complexity index is 457. The fraction of sp³-hybridized carbons (Fsp3) is 0.200. The number of nitrogens with one attached hydrogen (secondary N) is 1. The Morgan fingerprint density at radius 2 is 2.07 bits per heavy atom. The molecule has 0 aliphatic carbocycles. The minimum Gasteiger partial charge on any atom is -0.299 e. The molecule has 0 radical (unpaired) electrons. The Morgan fingerprint density at radius 3 is 2.64 bits per heavy atom. The third-order valence-electron chi connectivity index (χ3n) is 2.28. The van der Waals surface area contributed by atoms with E-state index in [2.05, 4.69) is 29.3 Å². The van der Waals surface area contributed by atoms with Gasteiger partial charge in [0.2, 0.25) is 0 Å². The average molecular weight is 205 g/mol. The first kappa shape index (κ1) is 9.15. The maximum Gasteiger partial charge on any atom is 0.195 e. The maximum atomic E-state index is 5.11. The Balaban J connectivity index is 2.39. The minimum atomic E-state index is 0.224. The fourth-order valence-electron chi connectivity index (χ4n) is 1.42. The number of hydrogen-bond acceptors (Lipinski definition) is 2. The molecule has 14 heavy (non-hydrogen) atoms. The Kier molecular flexibility index (Phi) is 2.45. The molecule has 1 aromatic heterocycles. The van der Waals surface area contributed by atoms with Crippen LogP contribution in [0.4, 0.5) is 0 Å². The summed E-state index contributed by atoms with van der Waals surface area (Å²) in [5.41, 5.74) is 1.23. The first-order valence-corrected chi connectivity index (χ1v) is 4.86. The molecule has 0 saturated heterocycles. The molecule has 2 aromatic rings. The van der Waals surface area contributed by atoms with Crippen LogP contribution < -0.4 is 0 Å². The van der Waals surface area contributed by atoms with Crippen molar-refractivity contribution in [1.82, 2.24) is 14.8 Å². The molecule has 0 amide bonds. The van der Waals surface area contributed by atoms with Crippen LogP contribution in [0.5, 0.6) is 0 Å². The lowest BCUT2D eigenvalue weighted by Crippen LogP contribution is -2.05. The smallest absolute Gasteiger partial charge is 0.195 e. The zero-order valence-electron chi connectivity index (χ0n) is 7.84. The first-order chi connectivity index (χ1) is 6.79. The predicted molar refractivity (Wildman–Crippen MR) is 57.7 cm³/mol. The van der Waals surface area contributed by atoms with E-state index < -0.39 is 0 Å². The molecule has 1 unspecified atom stereocenters. The highest BCUT2D eigenvalue weighted by Crippen LogP contribution is 2.16. The molecule has 0 spiro atoms. The van der Waals surface area contributed by atoms with Gasteiger partial charge in [-0.3, -0.25) is 9.67 Å². The van der Waals surface area contributed by atoms with Gasteiger partial charge in [0.05, 0.1) is 6.04 Å². The monoisotopic (exact) mass is 205 g/mol. The zero-order valence-corrected chi connectivity index (χ0v) is 8.66. The number of hydrogen-bond donors (Lipinski definition) is 1. The second-order valence-electron chi connectivity index (χ2n) is 3.16. The molecule has 72 valence electrons. The zero-order chi connectivity index (χ0) is 9.97. The number of aromatic nitrogens is 3. The van der Waals surface area contributed by atoms with Gasteiger partial charge in [-0.2, -0.15) is 5.10 Å². The van der Waals surface area contributed by atoms with E-state index in [0.717, 1.165) is 0 Å². The predicted octanol–water partition coefficient (Wildman–Crippen LogP) is 2.55. The van der Waals surface area contributed by atoms with Gasteiger partial charge in [0.15, 0.2) is 4.77 Å². The van der Waals surface area contributed by atoms with Crippen molar-refractivity contribution >= 4 is 12.2 Å². The van der Waals surface area contributed by atoms with Crippen LogP contribution in [0.3, 0.4) is 0 Å². The van der Waals surface area contributed by atoms with Gasteiger partial charge in [-0.15, -0.1) is 0 Å². The van der Waals surface area contributed by atoms with Crippen LogP contribution in [0.15, 0.2) is 36.7 Å². The second kappa shape index (κ2) is 3.75. The number of aromatic amines is 1. The lowest BCUT2D eigenvalue weighted by molar-refractivity contribution is 0.628. The minimum absolute atomic E-state index is 0.224.